The molecule has 2 aliphatic heterocycles. The smallest absolute Gasteiger partial charge is 0.260 e. The molecular formula is C16H19N3O5S. The van der Waals surface area contributed by atoms with Gasteiger partial charge < -0.3 is 14.4 Å². The maximum atomic E-state index is 12.9. The van der Waals surface area contributed by atoms with Gasteiger partial charge in [-0.25, -0.2) is 8.42 Å². The first kappa shape index (κ1) is 16.5. The lowest BCUT2D eigenvalue weighted by Gasteiger charge is -2.20. The molecule has 0 aliphatic carbocycles. The van der Waals surface area contributed by atoms with Gasteiger partial charge in [-0.1, -0.05) is 5.16 Å². The van der Waals surface area contributed by atoms with Crippen LogP contribution in [-0.2, 0) is 22.0 Å². The average molecular weight is 365 g/mol. The first-order valence-electron chi connectivity index (χ1n) is 8.11. The van der Waals surface area contributed by atoms with Crippen LogP contribution in [0.5, 0.6) is 5.75 Å². The van der Waals surface area contributed by atoms with Gasteiger partial charge in [0.1, 0.15) is 11.9 Å². The number of hydrogen-bond acceptors (Lipinski definition) is 7. The van der Waals surface area contributed by atoms with Gasteiger partial charge in [0.15, 0.2) is 11.4 Å². The minimum absolute atomic E-state index is 0.0469. The fraction of sp³-hybridized carbons (Fsp3) is 0.500. The summed E-state index contributed by atoms with van der Waals surface area (Å²) in [6, 6.07) is 4.89. The van der Waals surface area contributed by atoms with Crippen molar-refractivity contribution in [3.8, 4) is 5.75 Å². The van der Waals surface area contributed by atoms with Crippen LogP contribution < -0.4 is 4.74 Å². The molecule has 4 rings (SSSR count). The maximum absolute atomic E-state index is 12.9. The lowest BCUT2D eigenvalue weighted by molar-refractivity contribution is 0.0194. The van der Waals surface area contributed by atoms with Gasteiger partial charge in [-0.3, -0.25) is 0 Å². The predicted octanol–water partition coefficient (Wildman–Crippen LogP) is 0.984. The van der Waals surface area contributed by atoms with Crippen LogP contribution in [0.2, 0.25) is 0 Å². The third-order valence-electron chi connectivity index (χ3n) is 4.64. The number of aryl methyl sites for hydroxylation is 1. The lowest BCUT2D eigenvalue weighted by atomic mass is 10.0. The van der Waals surface area contributed by atoms with Crippen molar-refractivity contribution in [3.05, 3.63) is 35.5 Å². The highest BCUT2D eigenvalue weighted by Crippen LogP contribution is 2.36. The van der Waals surface area contributed by atoms with Crippen molar-refractivity contribution in [2.45, 2.75) is 43.3 Å². The molecule has 1 fully saturated rings. The number of aliphatic hydroxyl groups is 1. The molecule has 8 nitrogen and oxygen atoms in total. The highest BCUT2D eigenvalue weighted by molar-refractivity contribution is 7.89. The summed E-state index contributed by atoms with van der Waals surface area (Å²) in [6.07, 6.45) is 0.939. The van der Waals surface area contributed by atoms with Crippen LogP contribution in [0.3, 0.4) is 0 Å². The zero-order chi connectivity index (χ0) is 17.8. The molecule has 2 unspecified atom stereocenters. The van der Waals surface area contributed by atoms with E-state index in [1.54, 1.807) is 25.1 Å². The number of ether oxygens (including phenoxy) is 1. The molecule has 2 aromatic rings. The molecule has 0 bridgehead atoms. The molecule has 25 heavy (non-hydrogen) atoms. The molecule has 3 heterocycles. The van der Waals surface area contributed by atoms with E-state index in [0.717, 1.165) is 11.3 Å². The Bertz CT molecular complexity index is 926. The van der Waals surface area contributed by atoms with Crippen molar-refractivity contribution in [1.29, 1.82) is 0 Å². The summed E-state index contributed by atoms with van der Waals surface area (Å²) in [7, 11) is -3.72. The number of sulfonamides is 1. The fourth-order valence-electron chi connectivity index (χ4n) is 3.33. The van der Waals surface area contributed by atoms with Crippen LogP contribution >= 0.6 is 0 Å². The molecule has 2 atom stereocenters. The van der Waals surface area contributed by atoms with E-state index in [2.05, 4.69) is 10.1 Å². The molecule has 1 N–H and O–H groups in total. The average Bonchev–Trinajstić information content (AvgIpc) is 3.24. The largest absolute Gasteiger partial charge is 0.490 e. The second-order valence-electron chi connectivity index (χ2n) is 6.67. The zero-order valence-corrected chi connectivity index (χ0v) is 14.8. The second kappa shape index (κ2) is 5.52. The summed E-state index contributed by atoms with van der Waals surface area (Å²) in [6.45, 7) is 3.67. The van der Waals surface area contributed by atoms with Crippen LogP contribution in [0.1, 0.15) is 30.6 Å². The van der Waals surface area contributed by atoms with Gasteiger partial charge in [-0.05, 0) is 37.6 Å². The van der Waals surface area contributed by atoms with Gasteiger partial charge >= 0.3 is 0 Å². The van der Waals surface area contributed by atoms with Gasteiger partial charge in [-0.15, -0.1) is 0 Å². The minimum atomic E-state index is -3.72. The van der Waals surface area contributed by atoms with Gasteiger partial charge in [0.2, 0.25) is 10.0 Å². The van der Waals surface area contributed by atoms with Crippen LogP contribution in [0.4, 0.5) is 0 Å². The van der Waals surface area contributed by atoms with Crippen molar-refractivity contribution in [1.82, 2.24) is 14.4 Å². The van der Waals surface area contributed by atoms with Crippen molar-refractivity contribution >= 4 is 10.0 Å². The van der Waals surface area contributed by atoms with E-state index in [1.807, 2.05) is 6.92 Å². The molecule has 1 aromatic heterocycles. The highest BCUT2D eigenvalue weighted by atomic mass is 32.2. The van der Waals surface area contributed by atoms with Crippen LogP contribution in [0, 0.1) is 6.92 Å². The molecule has 0 amide bonds. The first-order valence-corrected chi connectivity index (χ1v) is 9.55. The summed E-state index contributed by atoms with van der Waals surface area (Å²) in [5, 5.41) is 14.4. The molecule has 0 saturated carbocycles. The number of nitrogens with zero attached hydrogens (tertiary/aromatic N) is 3. The lowest BCUT2D eigenvalue weighted by Crippen LogP contribution is -2.34. The Morgan fingerprint density at radius 3 is 2.92 bits per heavy atom. The number of rotatable bonds is 3. The van der Waals surface area contributed by atoms with Crippen molar-refractivity contribution in [3.63, 3.8) is 0 Å². The van der Waals surface area contributed by atoms with Crippen LogP contribution in [0.15, 0.2) is 27.6 Å². The van der Waals surface area contributed by atoms with E-state index in [-0.39, 0.29) is 36.4 Å². The summed E-state index contributed by atoms with van der Waals surface area (Å²) in [5.41, 5.74) is -0.571. The normalized spacial score (nSPS) is 26.6. The van der Waals surface area contributed by atoms with Crippen molar-refractivity contribution in [2.75, 3.05) is 13.1 Å². The summed E-state index contributed by atoms with van der Waals surface area (Å²) in [5.74, 6) is 1.18. The second-order valence-corrected chi connectivity index (χ2v) is 8.61. The van der Waals surface area contributed by atoms with E-state index < -0.39 is 15.6 Å². The quantitative estimate of drug-likeness (QED) is 0.864. The van der Waals surface area contributed by atoms with E-state index in [0.29, 0.717) is 12.2 Å². The Labute approximate surface area is 145 Å². The van der Waals surface area contributed by atoms with Crippen LogP contribution in [-0.4, -0.2) is 47.2 Å². The van der Waals surface area contributed by atoms with Gasteiger partial charge in [0.05, 0.1) is 11.4 Å². The number of aromatic nitrogens is 2. The number of hydrogen-bond donors (Lipinski definition) is 1. The third-order valence-corrected chi connectivity index (χ3v) is 6.48. The van der Waals surface area contributed by atoms with Crippen molar-refractivity contribution in [2.24, 2.45) is 0 Å². The Hall–Kier alpha value is -1.97. The molecule has 0 spiro atoms. The Morgan fingerprint density at radius 2 is 2.20 bits per heavy atom. The van der Waals surface area contributed by atoms with E-state index in [9.17, 15) is 13.5 Å². The number of benzene rings is 1. The Kier molecular flexibility index (Phi) is 3.64. The van der Waals surface area contributed by atoms with E-state index in [4.69, 9.17) is 9.26 Å². The monoisotopic (exact) mass is 365 g/mol. The summed E-state index contributed by atoms with van der Waals surface area (Å²) >= 11 is 0. The number of β-amino-alcohol motifs (C(OH)–C–C–N with tert-alkyl or cyclic N) is 1. The SMILES string of the molecule is Cc1noc(C2(O)CCN(S(=O)(=O)c3ccc4c(c3)CC(C)O4)C2)n1. The van der Waals surface area contributed by atoms with Gasteiger partial charge in [0.25, 0.3) is 5.89 Å². The standard InChI is InChI=1S/C16H19N3O5S/c1-10-7-12-8-13(3-4-14(12)23-10)25(21,22)19-6-5-16(20,9-19)15-17-11(2)18-24-15/h3-4,8,10,20H,5-7,9H2,1-2H3. The summed E-state index contributed by atoms with van der Waals surface area (Å²) < 4.78 is 37.8. The Morgan fingerprint density at radius 1 is 1.40 bits per heavy atom. The topological polar surface area (TPSA) is 106 Å². The summed E-state index contributed by atoms with van der Waals surface area (Å²) in [4.78, 5) is 4.25. The van der Waals surface area contributed by atoms with E-state index in [1.165, 1.54) is 4.31 Å². The van der Waals surface area contributed by atoms with E-state index >= 15 is 0 Å². The Balaban J connectivity index is 1.61. The number of fused-ring (bicyclic) bond motifs is 1. The highest BCUT2D eigenvalue weighted by Gasteiger charge is 2.46. The molecule has 134 valence electrons. The predicted molar refractivity (Wildman–Crippen MR) is 86.5 cm³/mol. The van der Waals surface area contributed by atoms with Crippen molar-refractivity contribution < 1.29 is 22.8 Å². The van der Waals surface area contributed by atoms with Gasteiger partial charge in [-0.2, -0.15) is 9.29 Å². The molecular weight excluding hydrogens is 346 g/mol. The molecule has 0 radical (unpaired) electrons. The van der Waals surface area contributed by atoms with Crippen LogP contribution in [0.25, 0.3) is 0 Å². The maximum Gasteiger partial charge on any atom is 0.260 e. The molecule has 1 aromatic carbocycles. The first-order chi connectivity index (χ1) is 11.8. The minimum Gasteiger partial charge on any atom is -0.490 e. The molecule has 9 heteroatoms. The third kappa shape index (κ3) is 2.72. The molecule has 2 aliphatic rings. The molecule has 1 saturated heterocycles. The zero-order valence-electron chi connectivity index (χ0n) is 14.0. The fourth-order valence-corrected chi connectivity index (χ4v) is 4.88. The van der Waals surface area contributed by atoms with Gasteiger partial charge in [0, 0.05) is 19.4 Å².